The fourth-order valence-corrected chi connectivity index (χ4v) is 0.691. The van der Waals surface area contributed by atoms with Gasteiger partial charge in [-0.3, -0.25) is 4.79 Å². The molecule has 0 aliphatic carbocycles. The quantitative estimate of drug-likeness (QED) is 0.256. The number of carbonyl (C=O) groups excluding carboxylic acids is 1. The molecule has 0 aliphatic heterocycles. The molecule has 0 saturated heterocycles. The van der Waals surface area contributed by atoms with Crippen LogP contribution >= 0.6 is 0 Å². The molecule has 4 N–H and O–H groups in total. The minimum atomic E-state index is -0.584. The van der Waals surface area contributed by atoms with Gasteiger partial charge in [0.1, 0.15) is 0 Å². The summed E-state index contributed by atoms with van der Waals surface area (Å²) in [6.07, 6.45) is 0.856. The van der Waals surface area contributed by atoms with E-state index in [2.05, 4.69) is 10.5 Å². The zero-order valence-corrected chi connectivity index (χ0v) is 8.24. The smallest absolute Gasteiger partial charge is 0.230 e. The van der Waals surface area contributed by atoms with Crippen LogP contribution in [0, 0.1) is 5.92 Å². The predicted molar refractivity (Wildman–Crippen MR) is 50.5 cm³/mol. The molecule has 76 valence electrons. The van der Waals surface area contributed by atoms with Crippen molar-refractivity contribution in [3.05, 3.63) is 0 Å². The van der Waals surface area contributed by atoms with Crippen molar-refractivity contribution in [2.24, 2.45) is 16.8 Å². The van der Waals surface area contributed by atoms with Crippen LogP contribution in [-0.2, 0) is 4.79 Å². The highest BCUT2D eigenvalue weighted by atomic mass is 16.4. The van der Waals surface area contributed by atoms with Gasteiger partial charge >= 0.3 is 0 Å². The van der Waals surface area contributed by atoms with E-state index < -0.39 is 5.92 Å². The Morgan fingerprint density at radius 1 is 1.62 bits per heavy atom. The van der Waals surface area contributed by atoms with Gasteiger partial charge in [0.2, 0.25) is 5.91 Å². The Morgan fingerprint density at radius 3 is 2.54 bits per heavy atom. The van der Waals surface area contributed by atoms with Crippen LogP contribution in [0.3, 0.4) is 0 Å². The van der Waals surface area contributed by atoms with Gasteiger partial charge in [-0.15, -0.1) is 0 Å². The average molecular weight is 187 g/mol. The van der Waals surface area contributed by atoms with Gasteiger partial charge in [0.05, 0.1) is 5.92 Å². The second kappa shape index (κ2) is 5.40. The lowest BCUT2D eigenvalue weighted by molar-refractivity contribution is -0.123. The summed E-state index contributed by atoms with van der Waals surface area (Å²) in [5.74, 6) is -0.871. The Kier molecular flexibility index (Phi) is 4.87. The van der Waals surface area contributed by atoms with Crippen LogP contribution in [0.5, 0.6) is 0 Å². The first-order valence-electron chi connectivity index (χ1n) is 4.30. The topological polar surface area (TPSA) is 87.7 Å². The number of amidine groups is 1. The molecule has 0 aromatic carbocycles. The van der Waals surface area contributed by atoms with Crippen LogP contribution in [0.4, 0.5) is 0 Å². The molecular formula is C8H17N3O2. The lowest BCUT2D eigenvalue weighted by Crippen LogP contribution is -2.41. The van der Waals surface area contributed by atoms with Gasteiger partial charge in [0.25, 0.3) is 0 Å². The van der Waals surface area contributed by atoms with Crippen LogP contribution in [0.15, 0.2) is 5.16 Å². The van der Waals surface area contributed by atoms with Gasteiger partial charge in [-0.25, -0.2) is 0 Å². The molecule has 2 atom stereocenters. The highest BCUT2D eigenvalue weighted by molar-refractivity contribution is 6.01. The second-order valence-corrected chi connectivity index (χ2v) is 3.06. The first kappa shape index (κ1) is 11.7. The van der Waals surface area contributed by atoms with Crippen LogP contribution < -0.4 is 11.1 Å². The van der Waals surface area contributed by atoms with Crippen molar-refractivity contribution >= 4 is 11.7 Å². The molecule has 5 heteroatoms. The van der Waals surface area contributed by atoms with Crippen molar-refractivity contribution in [3.63, 3.8) is 0 Å². The van der Waals surface area contributed by atoms with E-state index in [1.165, 1.54) is 0 Å². The first-order valence-corrected chi connectivity index (χ1v) is 4.30. The molecule has 0 rings (SSSR count). The van der Waals surface area contributed by atoms with Crippen molar-refractivity contribution in [1.82, 2.24) is 5.32 Å². The highest BCUT2D eigenvalue weighted by Crippen LogP contribution is 1.97. The Hall–Kier alpha value is -1.26. The summed E-state index contributed by atoms with van der Waals surface area (Å²) in [7, 11) is 0. The zero-order chi connectivity index (χ0) is 10.4. The Labute approximate surface area is 78.0 Å². The molecule has 2 unspecified atom stereocenters. The maximum Gasteiger partial charge on any atom is 0.230 e. The molecule has 13 heavy (non-hydrogen) atoms. The van der Waals surface area contributed by atoms with E-state index in [-0.39, 0.29) is 17.8 Å². The third-order valence-electron chi connectivity index (χ3n) is 1.95. The average Bonchev–Trinajstić information content (AvgIpc) is 2.14. The van der Waals surface area contributed by atoms with Gasteiger partial charge in [0.15, 0.2) is 5.84 Å². The van der Waals surface area contributed by atoms with Crippen molar-refractivity contribution in [3.8, 4) is 0 Å². The van der Waals surface area contributed by atoms with E-state index in [4.69, 9.17) is 10.9 Å². The molecular weight excluding hydrogens is 170 g/mol. The number of carbonyl (C=O) groups is 1. The van der Waals surface area contributed by atoms with Gasteiger partial charge in [-0.1, -0.05) is 12.1 Å². The monoisotopic (exact) mass is 187 g/mol. The summed E-state index contributed by atoms with van der Waals surface area (Å²) in [4.78, 5) is 11.3. The SMILES string of the molecule is CCC(C)NC(=O)C(C)C(N)=NO. The summed E-state index contributed by atoms with van der Waals surface area (Å²) < 4.78 is 0. The van der Waals surface area contributed by atoms with Crippen molar-refractivity contribution in [1.29, 1.82) is 0 Å². The van der Waals surface area contributed by atoms with E-state index >= 15 is 0 Å². The summed E-state index contributed by atoms with van der Waals surface area (Å²) in [5.41, 5.74) is 5.27. The normalized spacial score (nSPS) is 16.4. The standard InChI is InChI=1S/C8H17N3O2/c1-4-5(2)10-8(12)6(3)7(9)11-13/h5-6,13H,4H2,1-3H3,(H2,9,11)(H,10,12). The number of hydrogen-bond acceptors (Lipinski definition) is 3. The molecule has 0 radical (unpaired) electrons. The van der Waals surface area contributed by atoms with Crippen LogP contribution in [0.1, 0.15) is 27.2 Å². The fraction of sp³-hybridized carbons (Fsp3) is 0.750. The maximum absolute atomic E-state index is 11.3. The lowest BCUT2D eigenvalue weighted by atomic mass is 10.1. The minimum absolute atomic E-state index is 0.0687. The molecule has 0 bridgehead atoms. The Bertz CT molecular complexity index is 204. The van der Waals surface area contributed by atoms with Gasteiger partial charge in [0, 0.05) is 6.04 Å². The maximum atomic E-state index is 11.3. The number of hydrogen-bond donors (Lipinski definition) is 3. The van der Waals surface area contributed by atoms with E-state index in [1.807, 2.05) is 13.8 Å². The molecule has 5 nitrogen and oxygen atoms in total. The van der Waals surface area contributed by atoms with Crippen LogP contribution in [-0.4, -0.2) is 23.0 Å². The molecule has 0 aromatic heterocycles. The van der Waals surface area contributed by atoms with Gasteiger partial charge in [-0.2, -0.15) is 0 Å². The summed E-state index contributed by atoms with van der Waals surface area (Å²) in [5, 5.41) is 13.8. The molecule has 0 aromatic rings. The number of rotatable bonds is 4. The first-order chi connectivity index (χ1) is 6.02. The van der Waals surface area contributed by atoms with E-state index in [1.54, 1.807) is 6.92 Å². The molecule has 0 aliphatic rings. The Balaban J connectivity index is 4.12. The molecule has 0 heterocycles. The Morgan fingerprint density at radius 2 is 2.15 bits per heavy atom. The van der Waals surface area contributed by atoms with E-state index in [0.717, 1.165) is 6.42 Å². The highest BCUT2D eigenvalue weighted by Gasteiger charge is 2.18. The van der Waals surface area contributed by atoms with Crippen molar-refractivity contribution < 1.29 is 10.0 Å². The van der Waals surface area contributed by atoms with Crippen LogP contribution in [0.2, 0.25) is 0 Å². The number of nitrogens with zero attached hydrogens (tertiary/aromatic N) is 1. The van der Waals surface area contributed by atoms with Gasteiger partial charge < -0.3 is 16.3 Å². The molecule has 0 saturated carbocycles. The summed E-state index contributed by atoms with van der Waals surface area (Å²) in [6.45, 7) is 5.46. The predicted octanol–water partition coefficient (Wildman–Crippen LogP) is 0.284. The van der Waals surface area contributed by atoms with Crippen molar-refractivity contribution in [2.45, 2.75) is 33.2 Å². The second-order valence-electron chi connectivity index (χ2n) is 3.06. The largest absolute Gasteiger partial charge is 0.409 e. The van der Waals surface area contributed by atoms with Gasteiger partial charge in [-0.05, 0) is 20.3 Å². The summed E-state index contributed by atoms with van der Waals surface area (Å²) in [6, 6.07) is 0.112. The van der Waals surface area contributed by atoms with E-state index in [0.29, 0.717) is 0 Å². The number of oxime groups is 1. The molecule has 0 fully saturated rings. The lowest BCUT2D eigenvalue weighted by Gasteiger charge is -2.14. The molecule has 0 spiro atoms. The fourth-order valence-electron chi connectivity index (χ4n) is 0.691. The van der Waals surface area contributed by atoms with Crippen molar-refractivity contribution in [2.75, 3.05) is 0 Å². The number of nitrogens with two attached hydrogens (primary N) is 1. The third kappa shape index (κ3) is 3.78. The zero-order valence-electron chi connectivity index (χ0n) is 8.24. The minimum Gasteiger partial charge on any atom is -0.409 e. The molecule has 1 amide bonds. The number of amides is 1. The van der Waals surface area contributed by atoms with Crippen LogP contribution in [0.25, 0.3) is 0 Å². The van der Waals surface area contributed by atoms with E-state index in [9.17, 15) is 4.79 Å². The summed E-state index contributed by atoms with van der Waals surface area (Å²) >= 11 is 0. The number of nitrogens with one attached hydrogen (secondary N) is 1. The third-order valence-corrected chi connectivity index (χ3v) is 1.95.